The van der Waals surface area contributed by atoms with Crippen LogP contribution >= 0.6 is 0 Å². The SMILES string of the molecule is CCC(=O)CN1CCC(c2ncc3[nH]c(-c4ccc(OC)c(OC)c4)c(CC)c3n2)CC1. The maximum Gasteiger partial charge on any atom is 0.161 e. The summed E-state index contributed by atoms with van der Waals surface area (Å²) in [4.78, 5) is 27.2. The van der Waals surface area contributed by atoms with Crippen LogP contribution in [0.25, 0.3) is 22.3 Å². The lowest BCUT2D eigenvalue weighted by molar-refractivity contribution is -0.120. The number of nitrogens with one attached hydrogen (secondary N) is 1. The first-order valence-corrected chi connectivity index (χ1v) is 11.4. The molecule has 2 aromatic heterocycles. The molecule has 0 atom stereocenters. The van der Waals surface area contributed by atoms with Crippen LogP contribution in [0, 0.1) is 0 Å². The number of hydrogen-bond donors (Lipinski definition) is 1. The summed E-state index contributed by atoms with van der Waals surface area (Å²) in [5.41, 5.74) is 5.20. The minimum Gasteiger partial charge on any atom is -0.493 e. The molecule has 0 spiro atoms. The van der Waals surface area contributed by atoms with E-state index in [9.17, 15) is 4.79 Å². The lowest BCUT2D eigenvalue weighted by atomic mass is 9.95. The zero-order chi connectivity index (χ0) is 22.7. The third kappa shape index (κ3) is 4.35. The van der Waals surface area contributed by atoms with E-state index in [1.165, 1.54) is 5.56 Å². The number of nitrogens with zero attached hydrogens (tertiary/aromatic N) is 3. The number of fused-ring (bicyclic) bond motifs is 1. The number of rotatable bonds is 8. The molecule has 0 radical (unpaired) electrons. The normalized spacial score (nSPS) is 15.2. The zero-order valence-electron chi connectivity index (χ0n) is 19.4. The Morgan fingerprint density at radius 1 is 1.16 bits per heavy atom. The summed E-state index contributed by atoms with van der Waals surface area (Å²) in [7, 11) is 3.29. The smallest absolute Gasteiger partial charge is 0.161 e. The number of hydrogen-bond acceptors (Lipinski definition) is 6. The summed E-state index contributed by atoms with van der Waals surface area (Å²) < 4.78 is 10.9. The number of aromatic amines is 1. The molecule has 0 bridgehead atoms. The first kappa shape index (κ1) is 22.3. The minimum absolute atomic E-state index is 0.309. The molecule has 32 heavy (non-hydrogen) atoms. The zero-order valence-corrected chi connectivity index (χ0v) is 19.4. The number of aryl methyl sites for hydroxylation is 1. The Kier molecular flexibility index (Phi) is 6.74. The molecule has 3 aromatic rings. The molecule has 0 unspecified atom stereocenters. The number of carbonyl (C=O) groups excluding carboxylic acids is 1. The lowest BCUT2D eigenvalue weighted by Gasteiger charge is -2.30. The molecule has 1 N–H and O–H groups in total. The second-order valence-electron chi connectivity index (χ2n) is 8.34. The monoisotopic (exact) mass is 436 g/mol. The van der Waals surface area contributed by atoms with Crippen molar-refractivity contribution in [1.82, 2.24) is 19.9 Å². The highest BCUT2D eigenvalue weighted by Crippen LogP contribution is 2.36. The van der Waals surface area contributed by atoms with Gasteiger partial charge in [-0.2, -0.15) is 0 Å². The van der Waals surface area contributed by atoms with Gasteiger partial charge in [0.05, 0.1) is 43.7 Å². The Bertz CT molecular complexity index is 1100. The van der Waals surface area contributed by atoms with Crippen molar-refractivity contribution in [2.24, 2.45) is 0 Å². The van der Waals surface area contributed by atoms with Crippen LogP contribution in [0.1, 0.15) is 50.4 Å². The van der Waals surface area contributed by atoms with E-state index in [2.05, 4.69) is 16.8 Å². The molecule has 1 aromatic carbocycles. The van der Waals surface area contributed by atoms with Crippen LogP contribution in [0.15, 0.2) is 24.4 Å². The van der Waals surface area contributed by atoms with E-state index < -0.39 is 0 Å². The summed E-state index contributed by atoms with van der Waals surface area (Å²) in [6, 6.07) is 5.95. The van der Waals surface area contributed by atoms with E-state index in [1.807, 2.05) is 31.3 Å². The Morgan fingerprint density at radius 2 is 1.91 bits per heavy atom. The molecule has 0 amide bonds. The average Bonchev–Trinajstić information content (AvgIpc) is 3.21. The van der Waals surface area contributed by atoms with Gasteiger partial charge in [-0.05, 0) is 50.6 Å². The van der Waals surface area contributed by atoms with Crippen molar-refractivity contribution < 1.29 is 14.3 Å². The number of methoxy groups -OCH3 is 2. The van der Waals surface area contributed by atoms with Crippen molar-refractivity contribution >= 4 is 16.8 Å². The second-order valence-corrected chi connectivity index (χ2v) is 8.34. The van der Waals surface area contributed by atoms with Gasteiger partial charge < -0.3 is 14.5 Å². The maximum atomic E-state index is 11.8. The number of ether oxygens (including phenoxy) is 2. The summed E-state index contributed by atoms with van der Waals surface area (Å²) in [5.74, 6) is 2.96. The molecule has 0 aliphatic carbocycles. The molecule has 3 heterocycles. The molecule has 1 saturated heterocycles. The topological polar surface area (TPSA) is 80.3 Å². The van der Waals surface area contributed by atoms with Crippen molar-refractivity contribution in [2.45, 2.75) is 45.4 Å². The predicted molar refractivity (Wildman–Crippen MR) is 126 cm³/mol. The molecular formula is C25H32N4O3. The fraction of sp³-hybridized carbons (Fsp3) is 0.480. The van der Waals surface area contributed by atoms with Crippen LogP contribution in [0.3, 0.4) is 0 Å². The van der Waals surface area contributed by atoms with E-state index in [0.29, 0.717) is 36.2 Å². The largest absolute Gasteiger partial charge is 0.493 e. The van der Waals surface area contributed by atoms with E-state index in [0.717, 1.165) is 60.5 Å². The van der Waals surface area contributed by atoms with Gasteiger partial charge in [0.2, 0.25) is 0 Å². The number of Topliss-reactive ketones (excluding diaryl/α,β-unsaturated/α-hetero) is 1. The Morgan fingerprint density at radius 3 is 2.56 bits per heavy atom. The first-order chi connectivity index (χ1) is 15.6. The lowest BCUT2D eigenvalue weighted by Crippen LogP contribution is -2.36. The third-order valence-electron chi connectivity index (χ3n) is 6.43. The van der Waals surface area contributed by atoms with Crippen molar-refractivity contribution in [3.8, 4) is 22.8 Å². The molecule has 170 valence electrons. The standard InChI is InChI=1S/C25H32N4O3/c1-5-18(30)15-29-11-9-16(10-12-29)25-26-14-20-24(28-25)19(6-2)23(27-20)17-7-8-21(31-3)22(13-17)32-4/h7-8,13-14,16,27H,5-6,9-12,15H2,1-4H3. The number of H-pyrrole nitrogens is 1. The van der Waals surface area contributed by atoms with Crippen molar-refractivity contribution in [1.29, 1.82) is 0 Å². The number of likely N-dealkylation sites (tertiary alicyclic amines) is 1. The van der Waals surface area contributed by atoms with Gasteiger partial charge in [0.1, 0.15) is 11.6 Å². The number of carbonyl (C=O) groups is 1. The van der Waals surface area contributed by atoms with Gasteiger partial charge in [0, 0.05) is 23.5 Å². The second kappa shape index (κ2) is 9.69. The molecule has 4 rings (SSSR count). The maximum absolute atomic E-state index is 11.8. The molecule has 0 saturated carbocycles. The number of aromatic nitrogens is 3. The van der Waals surface area contributed by atoms with Gasteiger partial charge in [0.25, 0.3) is 0 Å². The van der Waals surface area contributed by atoms with Crippen LogP contribution in [0.2, 0.25) is 0 Å². The van der Waals surface area contributed by atoms with Gasteiger partial charge in [-0.1, -0.05) is 13.8 Å². The quantitative estimate of drug-likeness (QED) is 0.565. The van der Waals surface area contributed by atoms with Crippen molar-refractivity contribution in [3.63, 3.8) is 0 Å². The van der Waals surface area contributed by atoms with E-state index in [4.69, 9.17) is 19.4 Å². The third-order valence-corrected chi connectivity index (χ3v) is 6.43. The van der Waals surface area contributed by atoms with Gasteiger partial charge in [-0.25, -0.2) is 9.97 Å². The number of ketones is 1. The fourth-order valence-electron chi connectivity index (χ4n) is 4.54. The van der Waals surface area contributed by atoms with E-state index in [1.54, 1.807) is 14.2 Å². The van der Waals surface area contributed by atoms with Crippen molar-refractivity contribution in [2.75, 3.05) is 33.9 Å². The highest BCUT2D eigenvalue weighted by Gasteiger charge is 2.25. The average molecular weight is 437 g/mol. The molecule has 7 nitrogen and oxygen atoms in total. The molecule has 1 aliphatic heterocycles. The summed E-state index contributed by atoms with van der Waals surface area (Å²) in [6.07, 6.45) is 5.34. The highest BCUT2D eigenvalue weighted by molar-refractivity contribution is 5.87. The van der Waals surface area contributed by atoms with Crippen LogP contribution < -0.4 is 9.47 Å². The predicted octanol–water partition coefficient (Wildman–Crippen LogP) is 4.36. The van der Waals surface area contributed by atoms with Gasteiger partial charge >= 0.3 is 0 Å². The molecule has 1 aliphatic rings. The fourth-order valence-corrected chi connectivity index (χ4v) is 4.54. The van der Waals surface area contributed by atoms with Crippen LogP contribution in [0.5, 0.6) is 11.5 Å². The van der Waals surface area contributed by atoms with Gasteiger partial charge in [-0.15, -0.1) is 0 Å². The molecule has 1 fully saturated rings. The summed E-state index contributed by atoms with van der Waals surface area (Å²) in [5, 5.41) is 0. The Labute approximate surface area is 189 Å². The van der Waals surface area contributed by atoms with Gasteiger partial charge in [-0.3, -0.25) is 9.69 Å². The van der Waals surface area contributed by atoms with Crippen LogP contribution in [-0.4, -0.2) is 59.5 Å². The Balaban J connectivity index is 1.61. The van der Waals surface area contributed by atoms with Crippen LogP contribution in [-0.2, 0) is 11.2 Å². The molecular weight excluding hydrogens is 404 g/mol. The van der Waals surface area contributed by atoms with Crippen LogP contribution in [0.4, 0.5) is 0 Å². The highest BCUT2D eigenvalue weighted by atomic mass is 16.5. The van der Waals surface area contributed by atoms with Gasteiger partial charge in [0.15, 0.2) is 11.5 Å². The number of piperidine rings is 1. The van der Waals surface area contributed by atoms with E-state index >= 15 is 0 Å². The van der Waals surface area contributed by atoms with Crippen molar-refractivity contribution in [3.05, 3.63) is 35.8 Å². The van der Waals surface area contributed by atoms with E-state index in [-0.39, 0.29) is 0 Å². The first-order valence-electron chi connectivity index (χ1n) is 11.4. The summed E-state index contributed by atoms with van der Waals surface area (Å²) >= 11 is 0. The summed E-state index contributed by atoms with van der Waals surface area (Å²) in [6.45, 7) is 6.48. The number of benzene rings is 1. The minimum atomic E-state index is 0.309. The Hall–Kier alpha value is -2.93. The molecule has 7 heteroatoms.